The molecule has 1 fully saturated rings. The first-order valence-corrected chi connectivity index (χ1v) is 12.4. The van der Waals surface area contributed by atoms with Crippen LogP contribution < -0.4 is 20.6 Å². The number of aromatic nitrogens is 2. The molecular formula is C27H29N3O5. The lowest BCUT2D eigenvalue weighted by atomic mass is 9.71. The summed E-state index contributed by atoms with van der Waals surface area (Å²) in [5.74, 6) is 1.52. The lowest BCUT2D eigenvalue weighted by Gasteiger charge is -2.46. The molecule has 1 aliphatic carbocycles. The fourth-order valence-electron chi connectivity index (χ4n) is 6.16. The maximum atomic E-state index is 13.5. The van der Waals surface area contributed by atoms with E-state index in [0.29, 0.717) is 30.5 Å². The summed E-state index contributed by atoms with van der Waals surface area (Å²) in [6.45, 7) is 3.91. The molecule has 0 radical (unpaired) electrons. The summed E-state index contributed by atoms with van der Waals surface area (Å²) >= 11 is 0. The molecule has 35 heavy (non-hydrogen) atoms. The number of amides is 1. The highest BCUT2D eigenvalue weighted by atomic mass is 16.6. The summed E-state index contributed by atoms with van der Waals surface area (Å²) in [4.78, 5) is 40.8. The zero-order valence-electron chi connectivity index (χ0n) is 19.8. The van der Waals surface area contributed by atoms with Crippen molar-refractivity contribution in [3.8, 4) is 11.5 Å². The van der Waals surface area contributed by atoms with Crippen LogP contribution >= 0.6 is 0 Å². The molecule has 3 aromatic rings. The quantitative estimate of drug-likeness (QED) is 0.628. The average Bonchev–Trinajstić information content (AvgIpc) is 3.36. The van der Waals surface area contributed by atoms with Crippen LogP contribution in [0.1, 0.15) is 56.2 Å². The number of benzene rings is 2. The minimum absolute atomic E-state index is 0.0229. The van der Waals surface area contributed by atoms with Gasteiger partial charge >= 0.3 is 0 Å². The molecule has 1 spiro atoms. The Labute approximate surface area is 202 Å². The van der Waals surface area contributed by atoms with E-state index in [-0.39, 0.29) is 41.4 Å². The standard InChI is InChI=1S/C27H29N3O5/c1-17-20-14-22-23(35-13-12-34-22)15-21(20)27(9-4-5-10-27)16-29(17)24(31)8-11-30-26(33)19-7-3-2-6-18(19)25(32)28-30/h2-3,6-7,14-15,17H,4-5,8-13,16H2,1H3,(H,28,32). The molecule has 1 saturated carbocycles. The minimum atomic E-state index is -0.329. The van der Waals surface area contributed by atoms with Gasteiger partial charge in [0.15, 0.2) is 11.5 Å². The van der Waals surface area contributed by atoms with Gasteiger partial charge in [0.25, 0.3) is 11.1 Å². The van der Waals surface area contributed by atoms with E-state index in [1.807, 2.05) is 4.90 Å². The Bertz CT molecular complexity index is 1430. The second-order valence-electron chi connectivity index (χ2n) is 9.96. The summed E-state index contributed by atoms with van der Waals surface area (Å²) < 4.78 is 13.0. The van der Waals surface area contributed by atoms with E-state index in [1.165, 1.54) is 10.2 Å². The van der Waals surface area contributed by atoms with E-state index in [1.54, 1.807) is 24.3 Å². The number of aromatic amines is 1. The van der Waals surface area contributed by atoms with Gasteiger partial charge in [-0.15, -0.1) is 0 Å². The van der Waals surface area contributed by atoms with Crippen molar-refractivity contribution in [2.45, 2.75) is 57.0 Å². The molecule has 182 valence electrons. The molecule has 1 aromatic heterocycles. The molecule has 1 atom stereocenters. The Morgan fingerprint density at radius 1 is 1.06 bits per heavy atom. The molecule has 1 unspecified atom stereocenters. The second kappa shape index (κ2) is 8.29. The number of fused-ring (bicyclic) bond motifs is 4. The van der Waals surface area contributed by atoms with Gasteiger partial charge in [-0.25, -0.2) is 4.68 Å². The number of nitrogens with one attached hydrogen (secondary N) is 1. The van der Waals surface area contributed by atoms with E-state index >= 15 is 0 Å². The number of carbonyl (C=O) groups is 1. The van der Waals surface area contributed by atoms with Gasteiger partial charge in [-0.05, 0) is 55.2 Å². The Balaban J connectivity index is 1.30. The topological polar surface area (TPSA) is 93.6 Å². The van der Waals surface area contributed by atoms with Crippen LogP contribution in [0.2, 0.25) is 0 Å². The van der Waals surface area contributed by atoms with Crippen LogP contribution in [0.4, 0.5) is 0 Å². The summed E-state index contributed by atoms with van der Waals surface area (Å²) in [5.41, 5.74) is 1.70. The molecule has 1 N–H and O–H groups in total. The van der Waals surface area contributed by atoms with Gasteiger partial charge in [-0.1, -0.05) is 25.0 Å². The van der Waals surface area contributed by atoms with Gasteiger partial charge in [-0.2, -0.15) is 0 Å². The second-order valence-corrected chi connectivity index (χ2v) is 9.96. The third kappa shape index (κ3) is 3.54. The fourth-order valence-corrected chi connectivity index (χ4v) is 6.16. The molecule has 2 aromatic carbocycles. The van der Waals surface area contributed by atoms with Crippen molar-refractivity contribution in [1.29, 1.82) is 0 Å². The van der Waals surface area contributed by atoms with Crippen molar-refractivity contribution in [3.63, 3.8) is 0 Å². The van der Waals surface area contributed by atoms with Gasteiger partial charge in [-0.3, -0.25) is 19.5 Å². The summed E-state index contributed by atoms with van der Waals surface area (Å²) in [6, 6.07) is 10.8. The number of nitrogens with zero attached hydrogens (tertiary/aromatic N) is 2. The van der Waals surface area contributed by atoms with Crippen LogP contribution in [0.5, 0.6) is 11.5 Å². The van der Waals surface area contributed by atoms with E-state index in [9.17, 15) is 14.4 Å². The third-order valence-corrected chi connectivity index (χ3v) is 7.99. The average molecular weight is 476 g/mol. The van der Waals surface area contributed by atoms with Crippen molar-refractivity contribution < 1.29 is 14.3 Å². The first-order chi connectivity index (χ1) is 17.0. The monoisotopic (exact) mass is 475 g/mol. The predicted octanol–water partition coefficient (Wildman–Crippen LogP) is 3.27. The number of aryl methyl sites for hydroxylation is 1. The highest BCUT2D eigenvalue weighted by Gasteiger charge is 2.46. The van der Waals surface area contributed by atoms with Crippen LogP contribution in [0.15, 0.2) is 46.0 Å². The maximum Gasteiger partial charge on any atom is 0.273 e. The Hall–Kier alpha value is -3.55. The largest absolute Gasteiger partial charge is 0.486 e. The van der Waals surface area contributed by atoms with Crippen LogP contribution in [0, 0.1) is 0 Å². The molecule has 0 bridgehead atoms. The Morgan fingerprint density at radius 2 is 1.74 bits per heavy atom. The van der Waals surface area contributed by atoms with Gasteiger partial charge in [0, 0.05) is 18.4 Å². The molecule has 6 rings (SSSR count). The molecule has 3 heterocycles. The first kappa shape index (κ1) is 21.9. The molecule has 3 aliphatic rings. The van der Waals surface area contributed by atoms with Crippen LogP contribution in [-0.4, -0.2) is 40.3 Å². The van der Waals surface area contributed by atoms with Crippen LogP contribution in [0.25, 0.3) is 10.8 Å². The SMILES string of the molecule is CC1c2cc3c(cc2C2(CCCC2)CN1C(=O)CCn1[nH]c(=O)c2ccccc2c1=O)OCCO3. The summed E-state index contributed by atoms with van der Waals surface area (Å²) in [7, 11) is 0. The van der Waals surface area contributed by atoms with E-state index in [0.717, 1.165) is 42.7 Å². The van der Waals surface area contributed by atoms with Gasteiger partial charge in [0.2, 0.25) is 5.91 Å². The number of ether oxygens (including phenoxy) is 2. The van der Waals surface area contributed by atoms with Crippen molar-refractivity contribution in [1.82, 2.24) is 14.7 Å². The van der Waals surface area contributed by atoms with Gasteiger partial charge < -0.3 is 14.4 Å². The van der Waals surface area contributed by atoms with Crippen LogP contribution in [-0.2, 0) is 16.8 Å². The molecule has 8 nitrogen and oxygen atoms in total. The molecule has 1 amide bonds. The summed E-state index contributed by atoms with van der Waals surface area (Å²) in [6.07, 6.45) is 4.48. The maximum absolute atomic E-state index is 13.5. The number of carbonyl (C=O) groups excluding carboxylic acids is 1. The van der Waals surface area contributed by atoms with Crippen LogP contribution in [0.3, 0.4) is 0 Å². The zero-order valence-corrected chi connectivity index (χ0v) is 19.8. The smallest absolute Gasteiger partial charge is 0.273 e. The highest BCUT2D eigenvalue weighted by Crippen LogP contribution is 2.52. The minimum Gasteiger partial charge on any atom is -0.486 e. The van der Waals surface area contributed by atoms with E-state index < -0.39 is 0 Å². The number of hydrogen-bond donors (Lipinski definition) is 1. The highest BCUT2D eigenvalue weighted by molar-refractivity contribution is 5.80. The normalized spacial score (nSPS) is 20.3. The van der Waals surface area contributed by atoms with Gasteiger partial charge in [0.05, 0.1) is 23.4 Å². The van der Waals surface area contributed by atoms with E-state index in [2.05, 4.69) is 24.2 Å². The van der Waals surface area contributed by atoms with Crippen molar-refractivity contribution in [2.75, 3.05) is 19.8 Å². The molecular weight excluding hydrogens is 446 g/mol. The van der Waals surface area contributed by atoms with E-state index in [4.69, 9.17) is 9.47 Å². The number of hydrogen-bond acceptors (Lipinski definition) is 5. The molecule has 8 heteroatoms. The van der Waals surface area contributed by atoms with Crippen molar-refractivity contribution in [3.05, 3.63) is 68.2 Å². The fraction of sp³-hybridized carbons (Fsp3) is 0.444. The predicted molar refractivity (Wildman–Crippen MR) is 131 cm³/mol. The van der Waals surface area contributed by atoms with Crippen molar-refractivity contribution >= 4 is 16.7 Å². The molecule has 0 saturated heterocycles. The lowest BCUT2D eigenvalue weighted by molar-refractivity contribution is -0.135. The number of rotatable bonds is 3. The zero-order chi connectivity index (χ0) is 24.2. The van der Waals surface area contributed by atoms with Crippen molar-refractivity contribution in [2.24, 2.45) is 0 Å². The molecule has 2 aliphatic heterocycles. The third-order valence-electron chi connectivity index (χ3n) is 7.99. The lowest BCUT2D eigenvalue weighted by Crippen LogP contribution is -2.49. The Morgan fingerprint density at radius 3 is 2.49 bits per heavy atom. The summed E-state index contributed by atoms with van der Waals surface area (Å²) in [5, 5.41) is 3.36. The first-order valence-electron chi connectivity index (χ1n) is 12.4. The Kier molecular flexibility index (Phi) is 5.20. The van der Waals surface area contributed by atoms with Gasteiger partial charge in [0.1, 0.15) is 13.2 Å². The number of H-pyrrole nitrogens is 1.